The molecule has 3 N–H and O–H groups in total. The number of aromatic nitrogens is 2. The van der Waals surface area contributed by atoms with E-state index in [1.807, 2.05) is 0 Å². The molecule has 0 aliphatic carbocycles. The van der Waals surface area contributed by atoms with Crippen molar-refractivity contribution in [1.82, 2.24) is 14.7 Å². The van der Waals surface area contributed by atoms with Crippen molar-refractivity contribution in [3.05, 3.63) is 47.8 Å². The van der Waals surface area contributed by atoms with Crippen LogP contribution >= 0.6 is 0 Å². The summed E-state index contributed by atoms with van der Waals surface area (Å²) >= 11 is 0. The molecule has 1 heterocycles. The number of sulfonamides is 1. The maximum Gasteiger partial charge on any atom is 0.241 e. The first kappa shape index (κ1) is 15.6. The lowest BCUT2D eigenvalue weighted by molar-refractivity contribution is 0.278. The third-order valence-corrected chi connectivity index (χ3v) is 4.47. The van der Waals surface area contributed by atoms with Crippen LogP contribution in [0.15, 0.2) is 35.5 Å². The summed E-state index contributed by atoms with van der Waals surface area (Å²) in [6.07, 6.45) is 4.47. The summed E-state index contributed by atoms with van der Waals surface area (Å²) in [5.41, 5.74) is 0.162. The average molecular weight is 313 g/mol. The Morgan fingerprint density at radius 2 is 2.19 bits per heavy atom. The molecule has 2 aromatic rings. The van der Waals surface area contributed by atoms with Crippen LogP contribution in [0.2, 0.25) is 0 Å². The fourth-order valence-corrected chi connectivity index (χ4v) is 3.20. The molecule has 21 heavy (non-hydrogen) atoms. The van der Waals surface area contributed by atoms with Crippen LogP contribution in [-0.4, -0.2) is 30.0 Å². The predicted octanol–water partition coefficient (Wildman–Crippen LogP) is 0.952. The number of hydrogen-bond acceptors (Lipinski definition) is 4. The van der Waals surface area contributed by atoms with Crippen molar-refractivity contribution in [1.29, 1.82) is 0 Å². The number of nitrogens with zero attached hydrogens (tertiary/aromatic N) is 1. The van der Waals surface area contributed by atoms with Gasteiger partial charge in [-0.1, -0.05) is 6.07 Å². The lowest BCUT2D eigenvalue weighted by Gasteiger charge is -2.10. The summed E-state index contributed by atoms with van der Waals surface area (Å²) in [6.45, 7) is -0.271. The van der Waals surface area contributed by atoms with Crippen LogP contribution in [0.3, 0.4) is 0 Å². The number of aliphatic hydroxyl groups is 1. The molecule has 0 aliphatic rings. The smallest absolute Gasteiger partial charge is 0.241 e. The van der Waals surface area contributed by atoms with Crippen molar-refractivity contribution in [3.8, 4) is 0 Å². The van der Waals surface area contributed by atoms with E-state index >= 15 is 0 Å². The van der Waals surface area contributed by atoms with Crippen LogP contribution < -0.4 is 4.72 Å². The summed E-state index contributed by atoms with van der Waals surface area (Å²) in [5, 5.41) is 9.14. The van der Waals surface area contributed by atoms with Crippen molar-refractivity contribution in [3.63, 3.8) is 0 Å². The molecule has 0 atom stereocenters. The Bertz CT molecular complexity index is 687. The first-order valence-electron chi connectivity index (χ1n) is 6.40. The normalized spacial score (nSPS) is 11.7. The Morgan fingerprint density at radius 3 is 2.86 bits per heavy atom. The highest BCUT2D eigenvalue weighted by molar-refractivity contribution is 7.89. The molecule has 0 amide bonds. The Morgan fingerprint density at radius 1 is 1.38 bits per heavy atom. The molecule has 0 bridgehead atoms. The van der Waals surface area contributed by atoms with E-state index in [4.69, 9.17) is 5.11 Å². The molecular weight excluding hydrogens is 297 g/mol. The van der Waals surface area contributed by atoms with Gasteiger partial charge < -0.3 is 10.1 Å². The fourth-order valence-electron chi connectivity index (χ4n) is 1.88. The summed E-state index contributed by atoms with van der Waals surface area (Å²) < 4.78 is 39.8. The fraction of sp³-hybridized carbons (Fsp3) is 0.308. The van der Waals surface area contributed by atoms with Crippen LogP contribution in [0.1, 0.15) is 17.8 Å². The van der Waals surface area contributed by atoms with Gasteiger partial charge in [0.2, 0.25) is 10.0 Å². The third kappa shape index (κ3) is 4.10. The molecule has 6 nitrogen and oxygen atoms in total. The molecule has 0 unspecified atom stereocenters. The van der Waals surface area contributed by atoms with Crippen LogP contribution in [0.25, 0.3) is 0 Å². The van der Waals surface area contributed by atoms with Crippen LogP contribution in [0, 0.1) is 5.82 Å². The monoisotopic (exact) mass is 313 g/mol. The molecule has 1 aromatic carbocycles. The van der Waals surface area contributed by atoms with Crippen LogP contribution in [0.5, 0.6) is 0 Å². The number of aliphatic hydroxyl groups excluding tert-OH is 1. The van der Waals surface area contributed by atoms with Gasteiger partial charge in [0.25, 0.3) is 0 Å². The molecular formula is C13H16FN3O3S. The number of imidazole rings is 1. The first-order valence-corrected chi connectivity index (χ1v) is 7.88. The van der Waals surface area contributed by atoms with Gasteiger partial charge in [0.05, 0.1) is 11.5 Å². The van der Waals surface area contributed by atoms with Gasteiger partial charge in [-0.25, -0.2) is 22.5 Å². The van der Waals surface area contributed by atoms with Crippen molar-refractivity contribution in [2.45, 2.75) is 24.3 Å². The highest BCUT2D eigenvalue weighted by atomic mass is 32.2. The number of benzene rings is 1. The number of halogens is 1. The second kappa shape index (κ2) is 6.79. The number of rotatable bonds is 7. The summed E-state index contributed by atoms with van der Waals surface area (Å²) in [6, 6.07) is 3.27. The van der Waals surface area contributed by atoms with Crippen molar-refractivity contribution >= 4 is 10.0 Å². The Hall–Kier alpha value is -1.77. The van der Waals surface area contributed by atoms with Crippen molar-refractivity contribution in [2.24, 2.45) is 0 Å². The molecule has 0 saturated heterocycles. The quantitative estimate of drug-likeness (QED) is 0.663. The Balaban J connectivity index is 1.99. The lowest BCUT2D eigenvalue weighted by atomic mass is 10.2. The second-order valence-corrected chi connectivity index (χ2v) is 6.18. The molecule has 0 aliphatic heterocycles. The van der Waals surface area contributed by atoms with Crippen molar-refractivity contribution in [2.75, 3.05) is 6.54 Å². The second-order valence-electron chi connectivity index (χ2n) is 4.45. The van der Waals surface area contributed by atoms with Gasteiger partial charge in [0, 0.05) is 25.4 Å². The maximum absolute atomic E-state index is 13.2. The van der Waals surface area contributed by atoms with E-state index in [0.717, 1.165) is 18.0 Å². The van der Waals surface area contributed by atoms with E-state index in [-0.39, 0.29) is 17.0 Å². The minimum Gasteiger partial charge on any atom is -0.392 e. The van der Waals surface area contributed by atoms with Crippen LogP contribution in [-0.2, 0) is 23.1 Å². The largest absolute Gasteiger partial charge is 0.392 e. The predicted molar refractivity (Wildman–Crippen MR) is 74.4 cm³/mol. The number of H-pyrrole nitrogens is 1. The van der Waals surface area contributed by atoms with E-state index in [1.165, 1.54) is 6.07 Å². The van der Waals surface area contributed by atoms with Gasteiger partial charge in [0.15, 0.2) is 0 Å². The van der Waals surface area contributed by atoms with Gasteiger partial charge >= 0.3 is 0 Å². The van der Waals surface area contributed by atoms with E-state index in [9.17, 15) is 12.8 Å². The van der Waals surface area contributed by atoms with Crippen molar-refractivity contribution < 1.29 is 17.9 Å². The minimum atomic E-state index is -3.85. The average Bonchev–Trinajstić information content (AvgIpc) is 2.97. The SMILES string of the molecule is O=S(=O)(NCCCc1ncc[nH]1)c1cc(F)ccc1CO. The molecule has 114 valence electrons. The zero-order chi connectivity index (χ0) is 15.3. The summed E-state index contributed by atoms with van der Waals surface area (Å²) in [5.74, 6) is 0.110. The molecule has 0 radical (unpaired) electrons. The van der Waals surface area contributed by atoms with E-state index < -0.39 is 22.4 Å². The summed E-state index contributed by atoms with van der Waals surface area (Å²) in [7, 11) is -3.85. The lowest BCUT2D eigenvalue weighted by Crippen LogP contribution is -2.26. The number of nitrogens with one attached hydrogen (secondary N) is 2. The van der Waals surface area contributed by atoms with Crippen LogP contribution in [0.4, 0.5) is 4.39 Å². The standard InChI is InChI=1S/C13H16FN3O3S/c14-11-4-3-10(9-18)12(8-11)21(19,20)17-5-1-2-13-15-6-7-16-13/h3-4,6-8,17-18H,1-2,5,9H2,(H,15,16). The van der Waals surface area contributed by atoms with Gasteiger partial charge in [-0.3, -0.25) is 0 Å². The molecule has 8 heteroatoms. The van der Waals surface area contributed by atoms with Gasteiger partial charge in [-0.15, -0.1) is 0 Å². The minimum absolute atomic E-state index is 0.162. The number of aryl methyl sites for hydroxylation is 1. The molecule has 1 aromatic heterocycles. The molecule has 0 saturated carbocycles. The highest BCUT2D eigenvalue weighted by Gasteiger charge is 2.18. The Kier molecular flexibility index (Phi) is 5.05. The van der Waals surface area contributed by atoms with Gasteiger partial charge in [0.1, 0.15) is 11.6 Å². The zero-order valence-corrected chi connectivity index (χ0v) is 12.0. The Labute approximate surface area is 122 Å². The maximum atomic E-state index is 13.2. The van der Waals surface area contributed by atoms with Gasteiger partial charge in [-0.05, 0) is 24.1 Å². The highest BCUT2D eigenvalue weighted by Crippen LogP contribution is 2.17. The van der Waals surface area contributed by atoms with E-state index in [2.05, 4.69) is 14.7 Å². The van der Waals surface area contributed by atoms with Gasteiger partial charge in [-0.2, -0.15) is 0 Å². The first-order chi connectivity index (χ1) is 10.0. The molecule has 2 rings (SSSR count). The van der Waals surface area contributed by atoms with E-state index in [1.54, 1.807) is 12.4 Å². The summed E-state index contributed by atoms with van der Waals surface area (Å²) in [4.78, 5) is 6.72. The zero-order valence-electron chi connectivity index (χ0n) is 11.2. The number of hydrogen-bond donors (Lipinski definition) is 3. The third-order valence-electron chi connectivity index (χ3n) is 2.93. The van der Waals surface area contributed by atoms with E-state index in [0.29, 0.717) is 12.8 Å². The topological polar surface area (TPSA) is 95.1 Å². The molecule has 0 spiro atoms. The number of aromatic amines is 1. The molecule has 0 fully saturated rings.